The zero-order valence-electron chi connectivity index (χ0n) is 11.6. The van der Waals surface area contributed by atoms with E-state index in [1.165, 1.54) is 0 Å². The molecule has 1 aromatic rings. The van der Waals surface area contributed by atoms with Gasteiger partial charge < -0.3 is 5.32 Å². The van der Waals surface area contributed by atoms with Crippen LogP contribution in [-0.4, -0.2) is 23.9 Å². The molecule has 1 aliphatic heterocycles. The van der Waals surface area contributed by atoms with E-state index < -0.39 is 12.1 Å². The summed E-state index contributed by atoms with van der Waals surface area (Å²) in [5.41, 5.74) is 0.600. The summed E-state index contributed by atoms with van der Waals surface area (Å²) >= 11 is 9.66. The first-order chi connectivity index (χ1) is 10.0. The molecule has 0 bridgehead atoms. The Morgan fingerprint density at radius 3 is 2.71 bits per heavy atom. The zero-order chi connectivity index (χ0) is 15.1. The Balaban J connectivity index is 2.03. The fraction of sp³-hybridized carbons (Fsp3) is 0.467. The summed E-state index contributed by atoms with van der Waals surface area (Å²) < 4.78 is 0.832. The molecule has 1 saturated carbocycles. The van der Waals surface area contributed by atoms with Crippen molar-refractivity contribution in [1.29, 1.82) is 0 Å². The molecular formula is C15H16BrClN2O2. The molecule has 1 heterocycles. The largest absolute Gasteiger partial charge is 0.342 e. The third-order valence-corrected chi connectivity index (χ3v) is 4.88. The van der Waals surface area contributed by atoms with Gasteiger partial charge in [-0.05, 0) is 43.4 Å². The summed E-state index contributed by atoms with van der Waals surface area (Å²) in [6.07, 6.45) is 2.54. The van der Waals surface area contributed by atoms with Gasteiger partial charge in [-0.2, -0.15) is 0 Å². The van der Waals surface area contributed by atoms with E-state index in [1.807, 2.05) is 13.0 Å². The quantitative estimate of drug-likeness (QED) is 0.887. The summed E-state index contributed by atoms with van der Waals surface area (Å²) in [6, 6.07) is 4.44. The predicted octanol–water partition coefficient (Wildman–Crippen LogP) is 3.12. The molecule has 1 aliphatic carbocycles. The standard InChI is InChI=1S/C15H16BrClN2O2/c1-2-11-14(20)18-13(8-3-4-8)15(21)19(11)12-7-9(16)5-6-10(12)17/h5-8,11,13H,2-4H2,1H3,(H,18,20). The lowest BCUT2D eigenvalue weighted by molar-refractivity contribution is -0.134. The second-order valence-corrected chi connectivity index (χ2v) is 6.87. The van der Waals surface area contributed by atoms with Crippen molar-refractivity contribution in [2.45, 2.75) is 38.3 Å². The van der Waals surface area contributed by atoms with E-state index in [0.29, 0.717) is 17.1 Å². The Labute approximate surface area is 137 Å². The van der Waals surface area contributed by atoms with Gasteiger partial charge in [-0.1, -0.05) is 34.5 Å². The number of benzene rings is 1. The van der Waals surface area contributed by atoms with Gasteiger partial charge >= 0.3 is 0 Å². The number of amides is 2. The van der Waals surface area contributed by atoms with E-state index in [2.05, 4.69) is 21.2 Å². The molecule has 0 radical (unpaired) electrons. The van der Waals surface area contributed by atoms with E-state index in [9.17, 15) is 9.59 Å². The van der Waals surface area contributed by atoms with Crippen LogP contribution in [0.2, 0.25) is 5.02 Å². The maximum atomic E-state index is 12.8. The van der Waals surface area contributed by atoms with Crippen molar-refractivity contribution >= 4 is 45.0 Å². The van der Waals surface area contributed by atoms with Crippen LogP contribution in [0.4, 0.5) is 5.69 Å². The maximum Gasteiger partial charge on any atom is 0.250 e. The number of piperazine rings is 1. The summed E-state index contributed by atoms with van der Waals surface area (Å²) in [6.45, 7) is 1.90. The Hall–Kier alpha value is -1.07. The molecule has 3 rings (SSSR count). The van der Waals surface area contributed by atoms with Crippen LogP contribution in [0.25, 0.3) is 0 Å². The van der Waals surface area contributed by atoms with Crippen molar-refractivity contribution in [3.8, 4) is 0 Å². The first-order valence-electron chi connectivity index (χ1n) is 7.11. The highest BCUT2D eigenvalue weighted by Crippen LogP contribution is 2.38. The molecule has 0 spiro atoms. The van der Waals surface area contributed by atoms with Gasteiger partial charge in [-0.3, -0.25) is 14.5 Å². The van der Waals surface area contributed by atoms with Crippen molar-refractivity contribution in [3.05, 3.63) is 27.7 Å². The Bertz CT molecular complexity index is 603. The van der Waals surface area contributed by atoms with E-state index in [1.54, 1.807) is 17.0 Å². The number of nitrogens with zero attached hydrogens (tertiary/aromatic N) is 1. The number of halogens is 2. The van der Waals surface area contributed by atoms with Gasteiger partial charge in [0.2, 0.25) is 5.91 Å². The highest BCUT2D eigenvalue weighted by atomic mass is 79.9. The van der Waals surface area contributed by atoms with Crippen LogP contribution in [0.15, 0.2) is 22.7 Å². The van der Waals surface area contributed by atoms with Crippen LogP contribution in [0, 0.1) is 5.92 Å². The molecule has 1 aromatic carbocycles. The zero-order valence-corrected chi connectivity index (χ0v) is 13.9. The second kappa shape index (κ2) is 5.61. The molecule has 21 heavy (non-hydrogen) atoms. The molecule has 6 heteroatoms. The number of nitrogens with one attached hydrogen (secondary N) is 1. The third-order valence-electron chi connectivity index (χ3n) is 4.06. The van der Waals surface area contributed by atoms with Gasteiger partial charge in [0.25, 0.3) is 5.91 Å². The highest BCUT2D eigenvalue weighted by Gasteiger charge is 2.47. The van der Waals surface area contributed by atoms with Gasteiger partial charge in [-0.15, -0.1) is 0 Å². The number of hydrogen-bond donors (Lipinski definition) is 1. The Morgan fingerprint density at radius 1 is 1.38 bits per heavy atom. The summed E-state index contributed by atoms with van der Waals surface area (Å²) in [7, 11) is 0. The minimum Gasteiger partial charge on any atom is -0.342 e. The SMILES string of the molecule is CCC1C(=O)NC(C2CC2)C(=O)N1c1cc(Br)ccc1Cl. The van der Waals surface area contributed by atoms with Crippen molar-refractivity contribution in [3.63, 3.8) is 0 Å². The Kier molecular flexibility index (Phi) is 3.97. The normalized spacial score (nSPS) is 26.0. The van der Waals surface area contributed by atoms with Gasteiger partial charge in [0.05, 0.1) is 10.7 Å². The Morgan fingerprint density at radius 2 is 2.10 bits per heavy atom. The molecule has 2 fully saturated rings. The molecule has 1 N–H and O–H groups in total. The number of carbonyl (C=O) groups excluding carboxylic acids is 2. The summed E-state index contributed by atoms with van der Waals surface area (Å²) in [5.74, 6) is 0.127. The lowest BCUT2D eigenvalue weighted by Gasteiger charge is -2.39. The first-order valence-corrected chi connectivity index (χ1v) is 8.28. The lowest BCUT2D eigenvalue weighted by Crippen LogP contribution is -2.64. The van der Waals surface area contributed by atoms with E-state index >= 15 is 0 Å². The second-order valence-electron chi connectivity index (χ2n) is 5.55. The fourth-order valence-corrected chi connectivity index (χ4v) is 3.36. The monoisotopic (exact) mass is 370 g/mol. The van der Waals surface area contributed by atoms with Gasteiger partial charge in [0.1, 0.15) is 12.1 Å². The van der Waals surface area contributed by atoms with Crippen molar-refractivity contribution in [1.82, 2.24) is 5.32 Å². The molecular weight excluding hydrogens is 356 g/mol. The van der Waals surface area contributed by atoms with Crippen LogP contribution in [0.1, 0.15) is 26.2 Å². The average molecular weight is 372 g/mol. The smallest absolute Gasteiger partial charge is 0.250 e. The lowest BCUT2D eigenvalue weighted by atomic mass is 10.0. The van der Waals surface area contributed by atoms with Crippen molar-refractivity contribution in [2.24, 2.45) is 5.92 Å². The number of carbonyl (C=O) groups is 2. The third kappa shape index (κ3) is 2.69. The number of hydrogen-bond acceptors (Lipinski definition) is 2. The molecule has 112 valence electrons. The molecule has 0 aromatic heterocycles. The summed E-state index contributed by atoms with van der Waals surface area (Å²) in [4.78, 5) is 26.7. The number of anilines is 1. The first kappa shape index (κ1) is 14.9. The van der Waals surface area contributed by atoms with Crippen LogP contribution in [-0.2, 0) is 9.59 Å². The van der Waals surface area contributed by atoms with Crippen LogP contribution < -0.4 is 10.2 Å². The molecule has 2 unspecified atom stereocenters. The van der Waals surface area contributed by atoms with Crippen LogP contribution in [0.5, 0.6) is 0 Å². The van der Waals surface area contributed by atoms with E-state index in [-0.39, 0.29) is 17.7 Å². The molecule has 2 atom stereocenters. The average Bonchev–Trinajstić information content (AvgIpc) is 3.28. The van der Waals surface area contributed by atoms with E-state index in [4.69, 9.17) is 11.6 Å². The van der Waals surface area contributed by atoms with Crippen LogP contribution in [0.3, 0.4) is 0 Å². The predicted molar refractivity (Wildman–Crippen MR) is 85.4 cm³/mol. The number of rotatable bonds is 3. The molecule has 2 amide bonds. The van der Waals surface area contributed by atoms with Gasteiger partial charge in [0, 0.05) is 4.47 Å². The molecule has 2 aliphatic rings. The summed E-state index contributed by atoms with van der Waals surface area (Å²) in [5, 5.41) is 3.36. The van der Waals surface area contributed by atoms with Crippen molar-refractivity contribution < 1.29 is 9.59 Å². The minimum atomic E-state index is -0.501. The molecule has 1 saturated heterocycles. The van der Waals surface area contributed by atoms with Crippen LogP contribution >= 0.6 is 27.5 Å². The molecule has 4 nitrogen and oxygen atoms in total. The topological polar surface area (TPSA) is 49.4 Å². The highest BCUT2D eigenvalue weighted by molar-refractivity contribution is 9.10. The minimum absolute atomic E-state index is 0.0519. The van der Waals surface area contributed by atoms with Gasteiger partial charge in [0.15, 0.2) is 0 Å². The van der Waals surface area contributed by atoms with Crippen molar-refractivity contribution in [2.75, 3.05) is 4.90 Å². The van der Waals surface area contributed by atoms with Gasteiger partial charge in [-0.25, -0.2) is 0 Å². The van der Waals surface area contributed by atoms with E-state index in [0.717, 1.165) is 17.3 Å². The fourth-order valence-electron chi connectivity index (χ4n) is 2.81. The maximum absolute atomic E-state index is 12.8.